The zero-order valence-corrected chi connectivity index (χ0v) is 11.4. The van der Waals surface area contributed by atoms with Crippen LogP contribution in [0.5, 0.6) is 0 Å². The second kappa shape index (κ2) is 11.1. The van der Waals surface area contributed by atoms with E-state index in [0.29, 0.717) is 0 Å². The van der Waals surface area contributed by atoms with E-state index in [1.807, 2.05) is 5.34 Å². The molecule has 0 fully saturated rings. The molecule has 0 spiro atoms. The number of ketones is 2. The topological polar surface area (TPSA) is 58.5 Å². The average Bonchev–Trinajstić information content (AvgIpc) is 2.01. The Morgan fingerprint density at radius 3 is 2.29 bits per heavy atom. The molecule has 0 aromatic heterocycles. The van der Waals surface area contributed by atoms with Gasteiger partial charge in [0.25, 0.3) is 7.98 Å². The van der Waals surface area contributed by atoms with E-state index in [9.17, 15) is 9.59 Å². The Balaban J connectivity index is -0.000000605. The maximum Gasteiger partial charge on any atom is 0.251 e. The van der Waals surface area contributed by atoms with E-state index >= 15 is 0 Å². The monoisotopic (exact) mass is 269 g/mol. The molecule has 75 valence electrons. The van der Waals surface area contributed by atoms with Gasteiger partial charge in [-0.25, -0.2) is 0 Å². The molecular formula is C8H13BN2O2Y-2. The number of rotatable bonds is 5. The van der Waals surface area contributed by atoms with E-state index in [1.165, 1.54) is 6.92 Å². The number of hydrogen-bond acceptors (Lipinski definition) is 4. The molecule has 0 saturated heterocycles. The molecule has 4 nitrogen and oxygen atoms in total. The molecule has 0 aliphatic carbocycles. The van der Waals surface area contributed by atoms with Gasteiger partial charge in [0, 0.05) is 32.7 Å². The average molecular weight is 269 g/mol. The Hall–Kier alpha value is -0.0212. The molecule has 0 bridgehead atoms. The summed E-state index contributed by atoms with van der Waals surface area (Å²) in [7, 11) is 4.88. The van der Waals surface area contributed by atoms with Crippen molar-refractivity contribution in [2.75, 3.05) is 0 Å². The number of hydrogen-bond donors (Lipinski definition) is 1. The van der Waals surface area contributed by atoms with Crippen molar-refractivity contribution in [1.82, 2.24) is 5.34 Å². The second-order valence-corrected chi connectivity index (χ2v) is 2.24. The number of Topliss-reactive ketones (excluding diaryl/α,β-unsaturated/α-hetero) is 2. The molecule has 0 aromatic rings. The SMILES string of the molecule is [B]N/N=C(/CC(C)=O)C(=O)C[CH2-].[CH3-].[Y]. The summed E-state index contributed by atoms with van der Waals surface area (Å²) in [5.41, 5.74) is 0.125. The normalized spacial score (nSPS) is 9.43. The predicted octanol–water partition coefficient (Wildman–Crippen LogP) is 0.236. The van der Waals surface area contributed by atoms with Crippen LogP contribution < -0.4 is 5.34 Å². The van der Waals surface area contributed by atoms with Gasteiger partial charge in [-0.05, 0) is 6.92 Å². The number of carbonyl (C=O) groups is 2. The summed E-state index contributed by atoms with van der Waals surface area (Å²) in [5, 5.41) is 5.44. The molecule has 3 radical (unpaired) electrons. The van der Waals surface area contributed by atoms with Crippen molar-refractivity contribution in [1.29, 1.82) is 0 Å². The smallest absolute Gasteiger partial charge is 0.251 e. The van der Waals surface area contributed by atoms with Crippen LogP contribution in [0.1, 0.15) is 19.8 Å². The van der Waals surface area contributed by atoms with Crippen molar-refractivity contribution in [2.45, 2.75) is 19.8 Å². The number of nitrogens with one attached hydrogen (secondary N) is 1. The molecule has 0 atom stereocenters. The maximum absolute atomic E-state index is 11.0. The molecule has 0 unspecified atom stereocenters. The zero-order chi connectivity index (χ0) is 9.56. The van der Waals surface area contributed by atoms with Crippen LogP contribution in [-0.4, -0.2) is 25.3 Å². The largest absolute Gasteiger partial charge is 0.366 e. The third kappa shape index (κ3) is 8.57. The van der Waals surface area contributed by atoms with Crippen LogP contribution in [0.25, 0.3) is 0 Å². The van der Waals surface area contributed by atoms with Crippen LogP contribution in [0, 0.1) is 14.4 Å². The Labute approximate surface area is 112 Å². The molecule has 14 heavy (non-hydrogen) atoms. The van der Waals surface area contributed by atoms with Crippen molar-refractivity contribution in [3.05, 3.63) is 14.4 Å². The van der Waals surface area contributed by atoms with Gasteiger partial charge in [-0.3, -0.25) is 9.59 Å². The fourth-order valence-electron chi connectivity index (χ4n) is 0.658. The van der Waals surface area contributed by atoms with Gasteiger partial charge in [-0.2, -0.15) is 5.10 Å². The summed E-state index contributed by atoms with van der Waals surface area (Å²) in [5.74, 6) is -0.408. The standard InChI is InChI=1S/C7H10BN2O2.CH3.Y/c1-3-7(12)6(9-10-8)4-5(2)11;;/h10H,1,3-4H2,2H3;1H3;/q2*-1;/b9-6-;;. The van der Waals surface area contributed by atoms with Crippen LogP contribution in [0.2, 0.25) is 0 Å². The van der Waals surface area contributed by atoms with Gasteiger partial charge in [0.15, 0.2) is 0 Å². The van der Waals surface area contributed by atoms with E-state index in [0.717, 1.165) is 0 Å². The molecule has 0 aliphatic rings. The van der Waals surface area contributed by atoms with E-state index in [-0.39, 0.29) is 70.3 Å². The molecule has 0 aromatic carbocycles. The second-order valence-electron chi connectivity index (χ2n) is 2.24. The third-order valence-electron chi connectivity index (χ3n) is 1.16. The molecule has 6 heteroatoms. The van der Waals surface area contributed by atoms with Crippen molar-refractivity contribution >= 4 is 25.3 Å². The van der Waals surface area contributed by atoms with Crippen molar-refractivity contribution in [2.24, 2.45) is 5.10 Å². The predicted molar refractivity (Wildman–Crippen MR) is 53.0 cm³/mol. The van der Waals surface area contributed by atoms with Gasteiger partial charge in [-0.1, -0.05) is 0 Å². The van der Waals surface area contributed by atoms with Crippen molar-refractivity contribution < 1.29 is 42.3 Å². The first-order valence-electron chi connectivity index (χ1n) is 3.45. The molecule has 0 rings (SSSR count). The quantitative estimate of drug-likeness (QED) is 0.336. The van der Waals surface area contributed by atoms with E-state index < -0.39 is 0 Å². The minimum absolute atomic E-state index is 0. The first-order valence-corrected chi connectivity index (χ1v) is 3.45. The van der Waals surface area contributed by atoms with Gasteiger partial charge in [0.05, 0.1) is 6.42 Å². The summed E-state index contributed by atoms with van der Waals surface area (Å²) < 4.78 is 0. The zero-order valence-electron chi connectivity index (χ0n) is 8.54. The van der Waals surface area contributed by atoms with Crippen LogP contribution in [-0.2, 0) is 42.3 Å². The molecule has 1 N–H and O–H groups in total. The van der Waals surface area contributed by atoms with E-state index in [1.54, 1.807) is 0 Å². The van der Waals surface area contributed by atoms with Crippen molar-refractivity contribution in [3.63, 3.8) is 0 Å². The first kappa shape index (κ1) is 19.5. The van der Waals surface area contributed by atoms with Gasteiger partial charge < -0.3 is 19.7 Å². The van der Waals surface area contributed by atoms with E-state index in [2.05, 4.69) is 12.0 Å². The third-order valence-corrected chi connectivity index (χ3v) is 1.16. The minimum atomic E-state index is -0.275. The molecule has 0 amide bonds. The number of carbonyl (C=O) groups excluding carboxylic acids is 2. The summed E-state index contributed by atoms with van der Waals surface area (Å²) >= 11 is 0. The summed E-state index contributed by atoms with van der Waals surface area (Å²) in [6.45, 7) is 4.76. The molecule has 0 saturated carbocycles. The molecule has 0 heterocycles. The molecular weight excluding hydrogens is 256 g/mol. The molecule has 0 aliphatic heterocycles. The fourth-order valence-corrected chi connectivity index (χ4v) is 0.658. The maximum atomic E-state index is 11.0. The Kier molecular flexibility index (Phi) is 15.4. The number of nitrogens with zero attached hydrogens (tertiary/aromatic N) is 1. The Morgan fingerprint density at radius 2 is 2.00 bits per heavy atom. The van der Waals surface area contributed by atoms with Gasteiger partial charge >= 0.3 is 0 Å². The summed E-state index contributed by atoms with van der Waals surface area (Å²) in [4.78, 5) is 21.6. The summed E-state index contributed by atoms with van der Waals surface area (Å²) in [6.07, 6.45) is 0.0757. The van der Waals surface area contributed by atoms with Crippen LogP contribution >= 0.6 is 0 Å². The van der Waals surface area contributed by atoms with E-state index in [4.69, 9.17) is 7.98 Å². The van der Waals surface area contributed by atoms with Crippen molar-refractivity contribution in [3.8, 4) is 0 Å². The van der Waals surface area contributed by atoms with Gasteiger partial charge in [0.2, 0.25) is 0 Å². The fraction of sp³-hybridized carbons (Fsp3) is 0.375. The van der Waals surface area contributed by atoms with Crippen LogP contribution in [0.15, 0.2) is 5.10 Å². The first-order chi connectivity index (χ1) is 5.61. The van der Waals surface area contributed by atoms with Gasteiger partial charge in [-0.15, -0.1) is 6.42 Å². The summed E-state index contributed by atoms with van der Waals surface area (Å²) in [6, 6.07) is 0. The Morgan fingerprint density at radius 1 is 1.50 bits per heavy atom. The number of hydrazone groups is 1. The van der Waals surface area contributed by atoms with Crippen LogP contribution in [0.4, 0.5) is 0 Å². The van der Waals surface area contributed by atoms with Gasteiger partial charge in [0.1, 0.15) is 17.3 Å². The van der Waals surface area contributed by atoms with Crippen LogP contribution in [0.3, 0.4) is 0 Å². The minimum Gasteiger partial charge on any atom is -0.366 e. The Bertz CT molecular complexity index is 219.